The maximum Gasteiger partial charge on any atom is 0.416 e. The van der Waals surface area contributed by atoms with E-state index in [1.807, 2.05) is 78.9 Å². The van der Waals surface area contributed by atoms with Gasteiger partial charge in [0, 0.05) is 31.5 Å². The van der Waals surface area contributed by atoms with Crippen LogP contribution in [0.1, 0.15) is 46.7 Å². The van der Waals surface area contributed by atoms with Crippen LogP contribution in [0.15, 0.2) is 102 Å². The van der Waals surface area contributed by atoms with Gasteiger partial charge in [0.05, 0.1) is 11.7 Å². The summed E-state index contributed by atoms with van der Waals surface area (Å²) < 4.78 is 16.5. The first-order valence-corrected chi connectivity index (χ1v) is 14.9. The molecule has 1 fully saturated rings. The zero-order chi connectivity index (χ0) is 31.2. The van der Waals surface area contributed by atoms with Crippen LogP contribution in [0.5, 0.6) is 5.75 Å². The average Bonchev–Trinajstić information content (AvgIpc) is 3.74. The lowest BCUT2D eigenvalue weighted by molar-refractivity contribution is -0.129. The molecule has 0 aliphatic carbocycles. The van der Waals surface area contributed by atoms with Gasteiger partial charge in [-0.1, -0.05) is 71.9 Å². The molecule has 3 amide bonds. The maximum absolute atomic E-state index is 13.6. The molecule has 1 saturated heterocycles. The Labute approximate surface area is 260 Å². The van der Waals surface area contributed by atoms with E-state index in [0.29, 0.717) is 44.0 Å². The predicted molar refractivity (Wildman–Crippen MR) is 164 cm³/mol. The summed E-state index contributed by atoms with van der Waals surface area (Å²) in [5, 5.41) is 13.3. The van der Waals surface area contributed by atoms with E-state index in [1.54, 1.807) is 6.07 Å². The topological polar surface area (TPSA) is 122 Å². The number of imide groups is 1. The van der Waals surface area contributed by atoms with Gasteiger partial charge >= 0.3 is 12.2 Å². The summed E-state index contributed by atoms with van der Waals surface area (Å²) in [6.07, 6.45) is 3.09. The van der Waals surface area contributed by atoms with Gasteiger partial charge in [-0.25, -0.2) is 14.5 Å². The van der Waals surface area contributed by atoms with Crippen molar-refractivity contribution < 1.29 is 33.5 Å². The van der Waals surface area contributed by atoms with Crippen LogP contribution < -0.4 is 4.74 Å². The van der Waals surface area contributed by atoms with Crippen molar-refractivity contribution in [2.45, 2.75) is 37.8 Å². The van der Waals surface area contributed by atoms with Gasteiger partial charge < -0.3 is 24.0 Å². The summed E-state index contributed by atoms with van der Waals surface area (Å²) in [5.74, 6) is -0.113. The largest absolute Gasteiger partial charge is 0.489 e. The number of hydrogen-bond acceptors (Lipinski definition) is 7. The summed E-state index contributed by atoms with van der Waals surface area (Å²) in [6, 6.07) is 26.6. The summed E-state index contributed by atoms with van der Waals surface area (Å²) in [7, 11) is 0. The number of amides is 3. The number of hydrogen-bond donors (Lipinski definition) is 1. The molecule has 0 spiro atoms. The minimum absolute atomic E-state index is 0.0139. The standard InChI is InChI=1S/C35H33N3O7/c39-33(38-29(23-44-35(38)42)20-24-5-2-1-3-6-24)21-31(32-15-18-45-36-32)27-9-11-30(12-10-27)43-22-25-7-4-8-28(19-25)26-13-16-37(17-14-26)34(40)41/h1-13,15,18-19,29,31H,14,16-17,20-23H2,(H,40,41)/t29?,31-/m0/s1. The minimum atomic E-state index is -0.902. The fraction of sp³-hybridized carbons (Fsp3) is 0.257. The summed E-state index contributed by atoms with van der Waals surface area (Å²) in [4.78, 5) is 40.0. The fourth-order valence-electron chi connectivity index (χ4n) is 5.80. The van der Waals surface area contributed by atoms with Crippen LogP contribution in [-0.2, 0) is 22.6 Å². The van der Waals surface area contributed by atoms with E-state index in [1.165, 1.54) is 16.1 Å². The van der Waals surface area contributed by atoms with Crippen LogP contribution in [0.25, 0.3) is 5.57 Å². The number of aromatic nitrogens is 1. The lowest BCUT2D eigenvalue weighted by atomic mass is 9.91. The summed E-state index contributed by atoms with van der Waals surface area (Å²) >= 11 is 0. The number of nitrogens with zero attached hydrogens (tertiary/aromatic N) is 3. The number of ether oxygens (including phenoxy) is 2. The molecule has 0 saturated carbocycles. The quantitative estimate of drug-likeness (QED) is 0.228. The number of carbonyl (C=O) groups is 3. The molecule has 230 valence electrons. The van der Waals surface area contributed by atoms with Crippen molar-refractivity contribution >= 4 is 23.7 Å². The van der Waals surface area contributed by atoms with E-state index >= 15 is 0 Å². The van der Waals surface area contributed by atoms with Crippen molar-refractivity contribution in [1.82, 2.24) is 15.0 Å². The second-order valence-electron chi connectivity index (χ2n) is 11.1. The van der Waals surface area contributed by atoms with Gasteiger partial charge in [-0.15, -0.1) is 0 Å². The molecular weight excluding hydrogens is 574 g/mol. The van der Waals surface area contributed by atoms with E-state index in [4.69, 9.17) is 14.0 Å². The number of carboxylic acid groups (broad SMARTS) is 1. The third-order valence-corrected chi connectivity index (χ3v) is 8.20. The monoisotopic (exact) mass is 607 g/mol. The summed E-state index contributed by atoms with van der Waals surface area (Å²) in [6.45, 7) is 1.37. The van der Waals surface area contributed by atoms with Gasteiger partial charge in [0.1, 0.15) is 25.2 Å². The molecule has 3 aromatic carbocycles. The van der Waals surface area contributed by atoms with Crippen LogP contribution >= 0.6 is 0 Å². The highest BCUT2D eigenvalue weighted by molar-refractivity contribution is 5.94. The molecule has 1 aromatic heterocycles. The Morgan fingerprint density at radius 1 is 1.00 bits per heavy atom. The number of carbonyl (C=O) groups excluding carboxylic acids is 2. The van der Waals surface area contributed by atoms with Gasteiger partial charge in [0.25, 0.3) is 0 Å². The molecule has 45 heavy (non-hydrogen) atoms. The first-order valence-electron chi connectivity index (χ1n) is 14.9. The normalized spacial score (nSPS) is 17.0. The molecular formula is C35H33N3O7. The third-order valence-electron chi connectivity index (χ3n) is 8.20. The smallest absolute Gasteiger partial charge is 0.416 e. The first-order chi connectivity index (χ1) is 21.9. The van der Waals surface area contributed by atoms with Gasteiger partial charge in [-0.2, -0.15) is 0 Å². The van der Waals surface area contributed by atoms with Crippen molar-refractivity contribution in [1.29, 1.82) is 0 Å². The Kier molecular flexibility index (Phi) is 8.91. The van der Waals surface area contributed by atoms with Crippen molar-refractivity contribution in [3.8, 4) is 5.75 Å². The highest BCUT2D eigenvalue weighted by atomic mass is 16.6. The maximum atomic E-state index is 13.6. The lowest BCUT2D eigenvalue weighted by Gasteiger charge is -2.24. The molecule has 2 atom stereocenters. The highest BCUT2D eigenvalue weighted by Gasteiger charge is 2.39. The Bertz CT molecular complexity index is 1670. The third kappa shape index (κ3) is 7.06. The SMILES string of the molecule is O=C(O)N1CC=C(c2cccc(COc3ccc([C@H](CC(=O)N4C(=O)OCC4Cc4ccccc4)c4ccon4)cc3)c2)CC1. The molecule has 0 bridgehead atoms. The van der Waals surface area contributed by atoms with E-state index in [0.717, 1.165) is 27.8 Å². The second kappa shape index (κ2) is 13.5. The lowest BCUT2D eigenvalue weighted by Crippen LogP contribution is -2.40. The molecule has 4 aromatic rings. The molecule has 10 nitrogen and oxygen atoms in total. The average molecular weight is 608 g/mol. The van der Waals surface area contributed by atoms with Crippen molar-refractivity contribution in [3.05, 3.63) is 125 Å². The van der Waals surface area contributed by atoms with Gasteiger partial charge in [0.15, 0.2) is 0 Å². The van der Waals surface area contributed by atoms with Crippen LogP contribution in [0.3, 0.4) is 0 Å². The van der Waals surface area contributed by atoms with E-state index in [-0.39, 0.29) is 25.0 Å². The van der Waals surface area contributed by atoms with Crippen LogP contribution in [0, 0.1) is 0 Å². The summed E-state index contributed by atoms with van der Waals surface area (Å²) in [5.41, 5.74) is 5.62. The zero-order valence-electron chi connectivity index (χ0n) is 24.6. The Balaban J connectivity index is 1.11. The molecule has 2 aliphatic rings. The number of rotatable bonds is 10. The van der Waals surface area contributed by atoms with Crippen LogP contribution in [-0.4, -0.2) is 63.9 Å². The molecule has 10 heteroatoms. The first kappa shape index (κ1) is 29.7. The molecule has 1 N–H and O–H groups in total. The van der Waals surface area contributed by atoms with Crippen LogP contribution in [0.2, 0.25) is 0 Å². The predicted octanol–water partition coefficient (Wildman–Crippen LogP) is 6.13. The molecule has 6 rings (SSSR count). The zero-order valence-corrected chi connectivity index (χ0v) is 24.6. The molecule has 2 aliphatic heterocycles. The van der Waals surface area contributed by atoms with E-state index in [9.17, 15) is 19.5 Å². The Morgan fingerprint density at radius 3 is 2.51 bits per heavy atom. The Morgan fingerprint density at radius 2 is 1.80 bits per heavy atom. The Hall–Kier alpha value is -5.38. The van der Waals surface area contributed by atoms with Crippen molar-refractivity contribution in [3.63, 3.8) is 0 Å². The fourth-order valence-corrected chi connectivity index (χ4v) is 5.80. The van der Waals surface area contributed by atoms with Crippen molar-refractivity contribution in [2.75, 3.05) is 19.7 Å². The van der Waals surface area contributed by atoms with Crippen molar-refractivity contribution in [2.24, 2.45) is 0 Å². The molecule has 3 heterocycles. The number of cyclic esters (lactones) is 1. The van der Waals surface area contributed by atoms with E-state index in [2.05, 4.69) is 11.2 Å². The molecule has 1 unspecified atom stereocenters. The van der Waals surface area contributed by atoms with Gasteiger partial charge in [-0.3, -0.25) is 4.79 Å². The van der Waals surface area contributed by atoms with Gasteiger partial charge in [0.2, 0.25) is 5.91 Å². The van der Waals surface area contributed by atoms with E-state index < -0.39 is 18.1 Å². The van der Waals surface area contributed by atoms with Gasteiger partial charge in [-0.05, 0) is 58.9 Å². The highest BCUT2D eigenvalue weighted by Crippen LogP contribution is 2.31. The molecule has 0 radical (unpaired) electrons. The van der Waals surface area contributed by atoms with Crippen LogP contribution in [0.4, 0.5) is 9.59 Å². The minimum Gasteiger partial charge on any atom is -0.489 e. The number of benzene rings is 3. The second-order valence-corrected chi connectivity index (χ2v) is 11.1.